The molecule has 0 bridgehead atoms. The quantitative estimate of drug-likeness (QED) is 0.829. The van der Waals surface area contributed by atoms with Crippen molar-refractivity contribution < 1.29 is 0 Å². The van der Waals surface area contributed by atoms with Gasteiger partial charge in [-0.1, -0.05) is 20.8 Å². The topological polar surface area (TPSA) is 32.5 Å². The molecule has 106 valence electrons. The predicted molar refractivity (Wildman–Crippen MR) is 77.7 cm³/mol. The molecule has 2 saturated heterocycles. The van der Waals surface area contributed by atoms with Gasteiger partial charge in [-0.25, -0.2) is 0 Å². The van der Waals surface area contributed by atoms with Crippen molar-refractivity contribution in [2.75, 3.05) is 39.3 Å². The van der Waals surface area contributed by atoms with E-state index in [0.717, 1.165) is 12.6 Å². The van der Waals surface area contributed by atoms with Crippen molar-refractivity contribution in [3.05, 3.63) is 0 Å². The molecule has 2 aliphatic rings. The Balaban J connectivity index is 1.81. The van der Waals surface area contributed by atoms with E-state index in [1.54, 1.807) is 0 Å². The van der Waals surface area contributed by atoms with Crippen LogP contribution < -0.4 is 5.73 Å². The highest BCUT2D eigenvalue weighted by Crippen LogP contribution is 2.26. The van der Waals surface area contributed by atoms with Crippen LogP contribution in [0.2, 0.25) is 0 Å². The Morgan fingerprint density at radius 1 is 1.22 bits per heavy atom. The summed E-state index contributed by atoms with van der Waals surface area (Å²) in [5.41, 5.74) is 6.37. The predicted octanol–water partition coefficient (Wildman–Crippen LogP) is 1.78. The van der Waals surface area contributed by atoms with Crippen LogP contribution in [0, 0.1) is 11.3 Å². The molecule has 0 aromatic heterocycles. The van der Waals surface area contributed by atoms with E-state index in [1.807, 2.05) is 0 Å². The van der Waals surface area contributed by atoms with Crippen molar-refractivity contribution in [1.29, 1.82) is 0 Å². The molecule has 3 nitrogen and oxygen atoms in total. The van der Waals surface area contributed by atoms with Crippen molar-refractivity contribution in [3.63, 3.8) is 0 Å². The van der Waals surface area contributed by atoms with Gasteiger partial charge in [0.15, 0.2) is 0 Å². The van der Waals surface area contributed by atoms with Gasteiger partial charge in [-0.3, -0.25) is 4.90 Å². The number of nitrogens with zero attached hydrogens (tertiary/aromatic N) is 2. The van der Waals surface area contributed by atoms with Crippen LogP contribution in [0.25, 0.3) is 0 Å². The fraction of sp³-hybridized carbons (Fsp3) is 1.00. The molecule has 0 aromatic carbocycles. The molecule has 0 amide bonds. The number of nitrogens with two attached hydrogens (primary N) is 1. The van der Waals surface area contributed by atoms with Gasteiger partial charge < -0.3 is 10.6 Å². The number of rotatable bonds is 4. The molecule has 18 heavy (non-hydrogen) atoms. The maximum Gasteiger partial charge on any atom is 0.0224 e. The van der Waals surface area contributed by atoms with Gasteiger partial charge in [0, 0.05) is 32.2 Å². The Morgan fingerprint density at radius 2 is 2.00 bits per heavy atom. The van der Waals surface area contributed by atoms with Crippen LogP contribution in [-0.2, 0) is 0 Å². The third-order valence-electron chi connectivity index (χ3n) is 4.42. The monoisotopic (exact) mass is 253 g/mol. The van der Waals surface area contributed by atoms with Crippen LogP contribution in [0.1, 0.15) is 40.0 Å². The number of hydrogen-bond donors (Lipinski definition) is 1. The fourth-order valence-corrected chi connectivity index (χ4v) is 3.67. The summed E-state index contributed by atoms with van der Waals surface area (Å²) in [6.45, 7) is 14.1. The normalized spacial score (nSPS) is 28.3. The zero-order valence-electron chi connectivity index (χ0n) is 12.5. The third kappa shape index (κ3) is 3.94. The second-order valence-electron chi connectivity index (χ2n) is 7.46. The molecule has 0 aliphatic carbocycles. The minimum atomic E-state index is 0.402. The lowest BCUT2D eigenvalue weighted by atomic mass is 9.84. The Kier molecular flexibility index (Phi) is 4.68. The van der Waals surface area contributed by atoms with Crippen LogP contribution in [-0.4, -0.2) is 55.1 Å². The molecular weight excluding hydrogens is 222 g/mol. The Labute approximate surface area is 113 Å². The summed E-state index contributed by atoms with van der Waals surface area (Å²) >= 11 is 0. The molecular formula is C15H31N3. The second kappa shape index (κ2) is 5.89. The van der Waals surface area contributed by atoms with Gasteiger partial charge >= 0.3 is 0 Å². The van der Waals surface area contributed by atoms with Gasteiger partial charge in [0.25, 0.3) is 0 Å². The SMILES string of the molecule is CC(C)(C)CC(CN)CN1CCN2CCCC2C1. The van der Waals surface area contributed by atoms with E-state index in [0.29, 0.717) is 11.3 Å². The lowest BCUT2D eigenvalue weighted by molar-refractivity contribution is 0.0858. The van der Waals surface area contributed by atoms with Gasteiger partial charge in [-0.15, -0.1) is 0 Å². The summed E-state index contributed by atoms with van der Waals surface area (Å²) in [4.78, 5) is 5.34. The molecule has 2 unspecified atom stereocenters. The van der Waals surface area contributed by atoms with Crippen LogP contribution in [0.3, 0.4) is 0 Å². The first-order valence-electron chi connectivity index (χ1n) is 7.64. The molecule has 0 saturated carbocycles. The van der Waals surface area contributed by atoms with Crippen molar-refractivity contribution >= 4 is 0 Å². The third-order valence-corrected chi connectivity index (χ3v) is 4.42. The zero-order chi connectivity index (χ0) is 13.2. The zero-order valence-corrected chi connectivity index (χ0v) is 12.5. The van der Waals surface area contributed by atoms with E-state index >= 15 is 0 Å². The Bertz CT molecular complexity index is 259. The summed E-state index contributed by atoms with van der Waals surface area (Å²) in [5, 5.41) is 0. The lowest BCUT2D eigenvalue weighted by Crippen LogP contribution is -2.51. The van der Waals surface area contributed by atoms with E-state index in [4.69, 9.17) is 5.73 Å². The fourth-order valence-electron chi connectivity index (χ4n) is 3.67. The number of fused-ring (bicyclic) bond motifs is 1. The number of piperazine rings is 1. The van der Waals surface area contributed by atoms with Gasteiger partial charge in [0.2, 0.25) is 0 Å². The average Bonchev–Trinajstić information content (AvgIpc) is 2.73. The maximum atomic E-state index is 5.97. The molecule has 3 heteroatoms. The Morgan fingerprint density at radius 3 is 2.67 bits per heavy atom. The van der Waals surface area contributed by atoms with Crippen LogP contribution in [0.4, 0.5) is 0 Å². The van der Waals surface area contributed by atoms with E-state index in [2.05, 4.69) is 30.6 Å². The van der Waals surface area contributed by atoms with Crippen molar-refractivity contribution in [2.45, 2.75) is 46.1 Å². The van der Waals surface area contributed by atoms with E-state index in [1.165, 1.54) is 52.0 Å². The minimum Gasteiger partial charge on any atom is -0.330 e. The average molecular weight is 253 g/mol. The maximum absolute atomic E-state index is 5.97. The van der Waals surface area contributed by atoms with Crippen molar-refractivity contribution in [2.24, 2.45) is 17.1 Å². The van der Waals surface area contributed by atoms with Gasteiger partial charge in [-0.2, -0.15) is 0 Å². The van der Waals surface area contributed by atoms with Gasteiger partial charge in [-0.05, 0) is 43.7 Å². The smallest absolute Gasteiger partial charge is 0.0224 e. The minimum absolute atomic E-state index is 0.402. The molecule has 2 rings (SSSR count). The van der Waals surface area contributed by atoms with E-state index < -0.39 is 0 Å². The van der Waals surface area contributed by atoms with Gasteiger partial charge in [0.1, 0.15) is 0 Å². The first-order chi connectivity index (χ1) is 8.48. The molecule has 2 atom stereocenters. The lowest BCUT2D eigenvalue weighted by Gasteiger charge is -2.39. The van der Waals surface area contributed by atoms with Crippen LogP contribution >= 0.6 is 0 Å². The molecule has 2 fully saturated rings. The second-order valence-corrected chi connectivity index (χ2v) is 7.46. The summed E-state index contributed by atoms with van der Waals surface area (Å²) in [5.74, 6) is 0.665. The van der Waals surface area contributed by atoms with Crippen LogP contribution in [0.15, 0.2) is 0 Å². The van der Waals surface area contributed by atoms with Gasteiger partial charge in [0.05, 0.1) is 0 Å². The summed E-state index contributed by atoms with van der Waals surface area (Å²) in [6, 6.07) is 0.840. The first kappa shape index (κ1) is 14.3. The highest BCUT2D eigenvalue weighted by atomic mass is 15.3. The van der Waals surface area contributed by atoms with E-state index in [9.17, 15) is 0 Å². The van der Waals surface area contributed by atoms with E-state index in [-0.39, 0.29) is 0 Å². The largest absolute Gasteiger partial charge is 0.330 e. The molecule has 2 heterocycles. The van der Waals surface area contributed by atoms with Crippen molar-refractivity contribution in [3.8, 4) is 0 Å². The molecule has 2 aliphatic heterocycles. The first-order valence-corrected chi connectivity index (χ1v) is 7.64. The summed E-state index contributed by atoms with van der Waals surface area (Å²) in [6.07, 6.45) is 4.05. The number of hydrogen-bond acceptors (Lipinski definition) is 3. The highest BCUT2D eigenvalue weighted by molar-refractivity contribution is 4.87. The molecule has 0 radical (unpaired) electrons. The summed E-state index contributed by atoms with van der Waals surface area (Å²) in [7, 11) is 0. The molecule has 2 N–H and O–H groups in total. The Hall–Kier alpha value is -0.120. The summed E-state index contributed by atoms with van der Waals surface area (Å²) < 4.78 is 0. The standard InChI is InChI=1S/C15H31N3/c1-15(2,3)9-13(10-16)11-17-7-8-18-6-4-5-14(18)12-17/h13-14H,4-12,16H2,1-3H3. The van der Waals surface area contributed by atoms with Crippen LogP contribution in [0.5, 0.6) is 0 Å². The highest BCUT2D eigenvalue weighted by Gasteiger charge is 2.31. The molecule has 0 spiro atoms. The van der Waals surface area contributed by atoms with Crippen molar-refractivity contribution in [1.82, 2.24) is 9.80 Å². The molecule has 0 aromatic rings.